The molecule has 0 radical (unpaired) electrons. The Morgan fingerprint density at radius 2 is 2.00 bits per heavy atom. The molecule has 1 unspecified atom stereocenters. The standard InChI is InChI=1S/C16H14N2O/c1-11-9-13-15(19-11)8-7-14-16(13)17-10-18(14)12-5-3-2-4-6-12/h2-8,10-11H,9H2,1H3. The molecule has 0 saturated heterocycles. The second-order valence-electron chi connectivity index (χ2n) is 4.99. The van der Waals surface area contributed by atoms with Gasteiger partial charge in [0.15, 0.2) is 0 Å². The van der Waals surface area contributed by atoms with E-state index in [1.54, 1.807) is 0 Å². The Kier molecular flexibility index (Phi) is 2.15. The molecule has 3 aromatic rings. The molecule has 0 spiro atoms. The third-order valence-corrected chi connectivity index (χ3v) is 3.63. The van der Waals surface area contributed by atoms with Crippen molar-refractivity contribution in [3.8, 4) is 11.4 Å². The topological polar surface area (TPSA) is 27.1 Å². The summed E-state index contributed by atoms with van der Waals surface area (Å²) in [5.41, 5.74) is 4.57. The van der Waals surface area contributed by atoms with Crippen LogP contribution < -0.4 is 4.74 Å². The Labute approximate surface area is 111 Å². The zero-order chi connectivity index (χ0) is 12.8. The lowest BCUT2D eigenvalue weighted by Gasteiger charge is -2.05. The van der Waals surface area contributed by atoms with Crippen LogP contribution in [0.2, 0.25) is 0 Å². The fraction of sp³-hybridized carbons (Fsp3) is 0.188. The van der Waals surface area contributed by atoms with Crippen molar-refractivity contribution in [2.75, 3.05) is 0 Å². The number of fused-ring (bicyclic) bond motifs is 3. The van der Waals surface area contributed by atoms with Crippen molar-refractivity contribution in [2.24, 2.45) is 0 Å². The van der Waals surface area contributed by atoms with Gasteiger partial charge in [-0.1, -0.05) is 18.2 Å². The van der Waals surface area contributed by atoms with Crippen LogP contribution in [-0.4, -0.2) is 15.7 Å². The summed E-state index contributed by atoms with van der Waals surface area (Å²) >= 11 is 0. The minimum atomic E-state index is 0.252. The molecule has 2 heterocycles. The lowest BCUT2D eigenvalue weighted by molar-refractivity contribution is 0.254. The van der Waals surface area contributed by atoms with Gasteiger partial charge in [-0.05, 0) is 31.2 Å². The van der Waals surface area contributed by atoms with Crippen LogP contribution in [0.5, 0.6) is 5.75 Å². The molecular weight excluding hydrogens is 236 g/mol. The second-order valence-corrected chi connectivity index (χ2v) is 4.99. The molecular formula is C16H14N2O. The molecule has 1 aromatic heterocycles. The van der Waals surface area contributed by atoms with Gasteiger partial charge in [0, 0.05) is 17.7 Å². The van der Waals surface area contributed by atoms with Crippen molar-refractivity contribution < 1.29 is 4.74 Å². The van der Waals surface area contributed by atoms with Crippen LogP contribution in [-0.2, 0) is 6.42 Å². The van der Waals surface area contributed by atoms with Gasteiger partial charge in [-0.2, -0.15) is 0 Å². The van der Waals surface area contributed by atoms with Crippen LogP contribution in [0, 0.1) is 0 Å². The molecule has 4 rings (SSSR count). The highest BCUT2D eigenvalue weighted by molar-refractivity contribution is 5.83. The van der Waals surface area contributed by atoms with E-state index in [9.17, 15) is 0 Å². The molecule has 3 nitrogen and oxygen atoms in total. The average molecular weight is 250 g/mol. The fourth-order valence-electron chi connectivity index (χ4n) is 2.77. The monoisotopic (exact) mass is 250 g/mol. The minimum Gasteiger partial charge on any atom is -0.490 e. The minimum absolute atomic E-state index is 0.252. The Morgan fingerprint density at radius 3 is 2.84 bits per heavy atom. The van der Waals surface area contributed by atoms with E-state index in [1.165, 1.54) is 5.56 Å². The Hall–Kier alpha value is -2.29. The van der Waals surface area contributed by atoms with Crippen molar-refractivity contribution in [2.45, 2.75) is 19.4 Å². The lowest BCUT2D eigenvalue weighted by Crippen LogP contribution is -2.05. The van der Waals surface area contributed by atoms with E-state index in [2.05, 4.69) is 40.7 Å². The van der Waals surface area contributed by atoms with Crippen LogP contribution in [0.1, 0.15) is 12.5 Å². The number of hydrogen-bond donors (Lipinski definition) is 0. The van der Waals surface area contributed by atoms with Gasteiger partial charge in [0.25, 0.3) is 0 Å². The molecule has 1 aliphatic heterocycles. The molecule has 0 N–H and O–H groups in total. The predicted octanol–water partition coefficient (Wildman–Crippen LogP) is 3.35. The maximum Gasteiger partial charge on any atom is 0.125 e. The van der Waals surface area contributed by atoms with E-state index >= 15 is 0 Å². The van der Waals surface area contributed by atoms with E-state index in [1.807, 2.05) is 24.5 Å². The third-order valence-electron chi connectivity index (χ3n) is 3.63. The summed E-state index contributed by atoms with van der Waals surface area (Å²) < 4.78 is 7.90. The quantitative estimate of drug-likeness (QED) is 0.662. The summed E-state index contributed by atoms with van der Waals surface area (Å²) in [5, 5.41) is 0. The van der Waals surface area contributed by atoms with E-state index in [4.69, 9.17) is 4.74 Å². The maximum atomic E-state index is 5.78. The summed E-state index contributed by atoms with van der Waals surface area (Å²) in [5.74, 6) is 0.985. The van der Waals surface area contributed by atoms with Crippen molar-refractivity contribution in [3.05, 3.63) is 54.4 Å². The average Bonchev–Trinajstić information content (AvgIpc) is 3.01. The van der Waals surface area contributed by atoms with E-state index < -0.39 is 0 Å². The highest BCUT2D eigenvalue weighted by atomic mass is 16.5. The summed E-state index contributed by atoms with van der Waals surface area (Å²) in [7, 11) is 0. The number of nitrogens with zero attached hydrogens (tertiary/aromatic N) is 2. The van der Waals surface area contributed by atoms with Crippen LogP contribution in [0.15, 0.2) is 48.8 Å². The largest absolute Gasteiger partial charge is 0.490 e. The van der Waals surface area contributed by atoms with Gasteiger partial charge in [0.2, 0.25) is 0 Å². The summed E-state index contributed by atoms with van der Waals surface area (Å²) in [6, 6.07) is 14.4. The number of ether oxygens (including phenoxy) is 1. The summed E-state index contributed by atoms with van der Waals surface area (Å²) in [4.78, 5) is 4.58. The first-order valence-corrected chi connectivity index (χ1v) is 6.54. The molecule has 0 bridgehead atoms. The zero-order valence-electron chi connectivity index (χ0n) is 10.7. The Balaban J connectivity index is 1.95. The van der Waals surface area contributed by atoms with Crippen molar-refractivity contribution in [1.29, 1.82) is 0 Å². The van der Waals surface area contributed by atoms with Crippen molar-refractivity contribution in [3.63, 3.8) is 0 Å². The summed E-state index contributed by atoms with van der Waals surface area (Å²) in [6.07, 6.45) is 3.09. The third kappa shape index (κ3) is 1.55. The van der Waals surface area contributed by atoms with Crippen molar-refractivity contribution in [1.82, 2.24) is 9.55 Å². The lowest BCUT2D eigenvalue weighted by atomic mass is 10.1. The highest BCUT2D eigenvalue weighted by Gasteiger charge is 2.23. The number of benzene rings is 2. The number of para-hydroxylation sites is 1. The van der Waals surface area contributed by atoms with Gasteiger partial charge in [-0.15, -0.1) is 0 Å². The zero-order valence-corrected chi connectivity index (χ0v) is 10.7. The van der Waals surface area contributed by atoms with Gasteiger partial charge >= 0.3 is 0 Å². The first-order valence-electron chi connectivity index (χ1n) is 6.54. The highest BCUT2D eigenvalue weighted by Crippen LogP contribution is 2.34. The van der Waals surface area contributed by atoms with Gasteiger partial charge < -0.3 is 4.74 Å². The van der Waals surface area contributed by atoms with Crippen LogP contribution in [0.3, 0.4) is 0 Å². The fourth-order valence-corrected chi connectivity index (χ4v) is 2.77. The molecule has 1 aliphatic rings. The van der Waals surface area contributed by atoms with Gasteiger partial charge in [0.05, 0.1) is 11.0 Å². The smallest absolute Gasteiger partial charge is 0.125 e. The van der Waals surface area contributed by atoms with E-state index in [-0.39, 0.29) is 6.10 Å². The van der Waals surface area contributed by atoms with Crippen LogP contribution in [0.25, 0.3) is 16.7 Å². The normalized spacial score (nSPS) is 17.4. The van der Waals surface area contributed by atoms with Gasteiger partial charge in [-0.3, -0.25) is 4.57 Å². The van der Waals surface area contributed by atoms with Gasteiger partial charge in [-0.25, -0.2) is 4.98 Å². The molecule has 0 fully saturated rings. The Morgan fingerprint density at radius 1 is 1.16 bits per heavy atom. The van der Waals surface area contributed by atoms with Gasteiger partial charge in [0.1, 0.15) is 18.2 Å². The van der Waals surface area contributed by atoms with Crippen molar-refractivity contribution >= 4 is 11.0 Å². The molecule has 94 valence electrons. The van der Waals surface area contributed by atoms with E-state index in [0.29, 0.717) is 0 Å². The number of rotatable bonds is 1. The maximum absolute atomic E-state index is 5.78. The molecule has 3 heteroatoms. The molecule has 0 amide bonds. The van der Waals surface area contributed by atoms with E-state index in [0.717, 1.165) is 28.9 Å². The summed E-state index contributed by atoms with van der Waals surface area (Å²) in [6.45, 7) is 2.10. The number of hydrogen-bond acceptors (Lipinski definition) is 2. The SMILES string of the molecule is CC1Cc2c(ccc3c2ncn3-c2ccccc2)O1. The Bertz CT molecular complexity index is 746. The second kappa shape index (κ2) is 3.85. The number of imidazole rings is 1. The van der Waals surface area contributed by atoms with Crippen LogP contribution in [0.4, 0.5) is 0 Å². The molecule has 0 saturated carbocycles. The number of aromatic nitrogens is 2. The van der Waals surface area contributed by atoms with Crippen LogP contribution >= 0.6 is 0 Å². The molecule has 2 aromatic carbocycles. The molecule has 19 heavy (non-hydrogen) atoms. The predicted molar refractivity (Wildman–Crippen MR) is 74.9 cm³/mol. The first-order chi connectivity index (χ1) is 9.33. The first kappa shape index (κ1) is 10.6. The molecule has 1 atom stereocenters. The molecule has 0 aliphatic carbocycles.